The Morgan fingerprint density at radius 2 is 0.850 bits per heavy atom. The second kappa shape index (κ2) is 48.1. The number of unbranched alkanes of at least 4 members (excludes halogenated alkanes) is 31. The van der Waals surface area contributed by atoms with E-state index < -0.39 is 18.2 Å². The number of ether oxygens (including phenoxy) is 1. The summed E-state index contributed by atoms with van der Waals surface area (Å²) in [7, 11) is 0. The van der Waals surface area contributed by atoms with Gasteiger partial charge in [-0.25, -0.2) is 0 Å². The highest BCUT2D eigenvalue weighted by molar-refractivity contribution is 5.77. The molecule has 0 saturated heterocycles. The molecule has 1 amide bonds. The Hall–Kier alpha value is -1.92. The molecule has 0 aliphatic heterocycles. The fraction of sp³-hybridized carbons (Fsp3) is 0.852. The number of aliphatic hydroxyl groups excluding tert-OH is 2. The fourth-order valence-corrected chi connectivity index (χ4v) is 8.02. The van der Waals surface area contributed by atoms with Gasteiger partial charge in [-0.15, -0.1) is 0 Å². The van der Waals surface area contributed by atoms with Gasteiger partial charge in [0.05, 0.1) is 25.2 Å². The Balaban J connectivity index is 4.57. The van der Waals surface area contributed by atoms with Crippen LogP contribution in [0.2, 0.25) is 0 Å². The second-order valence-corrected chi connectivity index (χ2v) is 18.0. The van der Waals surface area contributed by atoms with Crippen LogP contribution in [-0.4, -0.2) is 46.9 Å². The lowest BCUT2D eigenvalue weighted by Crippen LogP contribution is -2.46. The molecule has 3 unspecified atom stereocenters. The number of carbonyl (C=O) groups is 2. The van der Waals surface area contributed by atoms with Gasteiger partial charge in [0.25, 0.3) is 0 Å². The van der Waals surface area contributed by atoms with Crippen molar-refractivity contribution in [2.75, 3.05) is 6.61 Å². The summed E-state index contributed by atoms with van der Waals surface area (Å²) in [5, 5.41) is 23.7. The quantitative estimate of drug-likeness (QED) is 0.0322. The lowest BCUT2D eigenvalue weighted by atomic mass is 10.0. The first kappa shape index (κ1) is 58.1. The predicted molar refractivity (Wildman–Crippen MR) is 259 cm³/mol. The maximum Gasteiger partial charge on any atom is 0.306 e. The lowest BCUT2D eigenvalue weighted by molar-refractivity contribution is -0.151. The molecule has 0 fully saturated rings. The molecule has 0 spiro atoms. The predicted octanol–water partition coefficient (Wildman–Crippen LogP) is 15.7. The molecule has 0 rings (SSSR count). The SMILES string of the molecule is CCCCCCC/C=C/C=C/C=C/CCCCCCCC(=O)OC(CCCCCCCCCCCCCCC)CC(=O)NC(CO)C(O)CCCCCCCCCCCC. The minimum absolute atomic E-state index is 0.0730. The highest BCUT2D eigenvalue weighted by Crippen LogP contribution is 2.18. The van der Waals surface area contributed by atoms with E-state index in [9.17, 15) is 19.8 Å². The van der Waals surface area contributed by atoms with E-state index in [1.807, 2.05) is 0 Å². The second-order valence-electron chi connectivity index (χ2n) is 18.0. The van der Waals surface area contributed by atoms with E-state index in [0.29, 0.717) is 19.3 Å². The molecular formula is C54H101NO5. The Morgan fingerprint density at radius 1 is 0.483 bits per heavy atom. The summed E-state index contributed by atoms with van der Waals surface area (Å²) in [6.45, 7) is 6.46. The molecule has 6 nitrogen and oxygen atoms in total. The molecular weight excluding hydrogens is 743 g/mol. The molecule has 352 valence electrons. The molecule has 3 atom stereocenters. The van der Waals surface area contributed by atoms with Crippen molar-refractivity contribution >= 4 is 11.9 Å². The van der Waals surface area contributed by atoms with E-state index in [1.54, 1.807) is 0 Å². The van der Waals surface area contributed by atoms with Gasteiger partial charge < -0.3 is 20.3 Å². The Kier molecular flexibility index (Phi) is 46.6. The molecule has 0 aliphatic carbocycles. The number of carbonyl (C=O) groups excluding carboxylic acids is 2. The van der Waals surface area contributed by atoms with Gasteiger partial charge in [-0.1, -0.05) is 243 Å². The van der Waals surface area contributed by atoms with Crippen LogP contribution in [0.25, 0.3) is 0 Å². The zero-order valence-corrected chi connectivity index (χ0v) is 40.1. The first-order valence-corrected chi connectivity index (χ1v) is 26.2. The molecule has 0 aromatic rings. The zero-order valence-electron chi connectivity index (χ0n) is 40.1. The van der Waals surface area contributed by atoms with Crippen molar-refractivity contribution in [3.05, 3.63) is 36.5 Å². The van der Waals surface area contributed by atoms with Gasteiger partial charge in [-0.2, -0.15) is 0 Å². The maximum atomic E-state index is 13.2. The third kappa shape index (κ3) is 42.8. The Labute approximate surface area is 373 Å². The van der Waals surface area contributed by atoms with Crippen LogP contribution in [0.4, 0.5) is 0 Å². The average molecular weight is 844 g/mol. The summed E-state index contributed by atoms with van der Waals surface area (Å²) in [5.41, 5.74) is 0. The Bertz CT molecular complexity index is 993. The van der Waals surface area contributed by atoms with Crippen LogP contribution in [0.15, 0.2) is 36.5 Å². The van der Waals surface area contributed by atoms with Crippen molar-refractivity contribution in [2.24, 2.45) is 0 Å². The van der Waals surface area contributed by atoms with E-state index in [2.05, 4.69) is 62.5 Å². The van der Waals surface area contributed by atoms with Gasteiger partial charge in [-0.3, -0.25) is 9.59 Å². The molecule has 0 aromatic carbocycles. The summed E-state index contributed by atoms with van der Waals surface area (Å²) in [6, 6.07) is -0.701. The van der Waals surface area contributed by atoms with Crippen LogP contribution in [0.3, 0.4) is 0 Å². The average Bonchev–Trinajstić information content (AvgIpc) is 3.24. The van der Waals surface area contributed by atoms with E-state index in [1.165, 1.54) is 154 Å². The van der Waals surface area contributed by atoms with Crippen LogP contribution in [0, 0.1) is 0 Å². The zero-order chi connectivity index (χ0) is 43.8. The number of rotatable bonds is 47. The summed E-state index contributed by atoms with van der Waals surface area (Å²) >= 11 is 0. The van der Waals surface area contributed by atoms with Crippen molar-refractivity contribution in [1.29, 1.82) is 0 Å². The normalized spacial score (nSPS) is 13.5. The summed E-state index contributed by atoms with van der Waals surface area (Å²) < 4.78 is 5.93. The van der Waals surface area contributed by atoms with Crippen molar-refractivity contribution in [3.8, 4) is 0 Å². The van der Waals surface area contributed by atoms with Gasteiger partial charge in [0, 0.05) is 6.42 Å². The number of hydrogen-bond donors (Lipinski definition) is 3. The number of aliphatic hydroxyl groups is 2. The summed E-state index contributed by atoms with van der Waals surface area (Å²) in [6.07, 6.45) is 56.3. The van der Waals surface area contributed by atoms with Crippen molar-refractivity contribution in [1.82, 2.24) is 5.32 Å². The minimum atomic E-state index is -0.787. The van der Waals surface area contributed by atoms with E-state index in [4.69, 9.17) is 4.74 Å². The van der Waals surface area contributed by atoms with E-state index in [0.717, 1.165) is 70.6 Å². The van der Waals surface area contributed by atoms with Crippen LogP contribution in [-0.2, 0) is 14.3 Å². The number of esters is 1. The maximum absolute atomic E-state index is 13.2. The van der Waals surface area contributed by atoms with Gasteiger partial charge in [0.2, 0.25) is 5.91 Å². The molecule has 0 radical (unpaired) electrons. The standard InChI is InChI=1S/C54H101NO5/c1-4-7-10-13-16-19-22-24-25-26-27-28-30-32-35-38-41-44-47-54(59)60-50(45-42-39-36-33-31-29-23-20-17-14-11-8-5-2)48-53(58)55-51(49-56)52(57)46-43-40-37-34-21-18-15-12-9-6-3/h22,24-28,50-52,56-57H,4-21,23,29-49H2,1-3H3,(H,55,58)/b24-22+,26-25+,28-27+. The monoisotopic (exact) mass is 844 g/mol. The molecule has 0 saturated carbocycles. The molecule has 0 heterocycles. The lowest BCUT2D eigenvalue weighted by Gasteiger charge is -2.24. The third-order valence-electron chi connectivity index (χ3n) is 12.0. The van der Waals surface area contributed by atoms with Crippen LogP contribution >= 0.6 is 0 Å². The number of allylic oxidation sites excluding steroid dienone is 6. The van der Waals surface area contributed by atoms with Gasteiger partial charge >= 0.3 is 5.97 Å². The molecule has 0 aliphatic rings. The van der Waals surface area contributed by atoms with E-state index >= 15 is 0 Å². The number of amides is 1. The topological polar surface area (TPSA) is 95.9 Å². The van der Waals surface area contributed by atoms with Crippen molar-refractivity contribution < 1.29 is 24.5 Å². The first-order valence-electron chi connectivity index (χ1n) is 26.2. The van der Waals surface area contributed by atoms with Gasteiger partial charge in [-0.05, 0) is 51.4 Å². The smallest absolute Gasteiger partial charge is 0.306 e. The third-order valence-corrected chi connectivity index (χ3v) is 12.0. The molecule has 60 heavy (non-hydrogen) atoms. The summed E-state index contributed by atoms with van der Waals surface area (Å²) in [4.78, 5) is 26.1. The minimum Gasteiger partial charge on any atom is -0.462 e. The highest BCUT2D eigenvalue weighted by Gasteiger charge is 2.24. The van der Waals surface area contributed by atoms with Crippen LogP contribution < -0.4 is 5.32 Å². The van der Waals surface area contributed by atoms with Crippen molar-refractivity contribution in [3.63, 3.8) is 0 Å². The molecule has 0 aromatic heterocycles. The Morgan fingerprint density at radius 3 is 1.27 bits per heavy atom. The molecule has 0 bridgehead atoms. The van der Waals surface area contributed by atoms with Crippen LogP contribution in [0.1, 0.15) is 271 Å². The number of nitrogens with one attached hydrogen (secondary N) is 1. The first-order chi connectivity index (χ1) is 29.5. The van der Waals surface area contributed by atoms with E-state index in [-0.39, 0.29) is 24.9 Å². The molecule has 6 heteroatoms. The summed E-state index contributed by atoms with van der Waals surface area (Å²) in [5.74, 6) is -0.486. The number of hydrogen-bond acceptors (Lipinski definition) is 5. The molecule has 3 N–H and O–H groups in total. The fourth-order valence-electron chi connectivity index (χ4n) is 8.02. The highest BCUT2D eigenvalue weighted by atomic mass is 16.5. The van der Waals surface area contributed by atoms with Crippen molar-refractivity contribution in [2.45, 2.75) is 289 Å². The largest absolute Gasteiger partial charge is 0.462 e. The van der Waals surface area contributed by atoms with Gasteiger partial charge in [0.1, 0.15) is 6.10 Å². The van der Waals surface area contributed by atoms with Gasteiger partial charge in [0.15, 0.2) is 0 Å². The van der Waals surface area contributed by atoms with Crippen LogP contribution in [0.5, 0.6) is 0 Å².